The van der Waals surface area contributed by atoms with E-state index in [1.54, 1.807) is 12.4 Å². The molecule has 0 aliphatic heterocycles. The van der Waals surface area contributed by atoms with Crippen molar-refractivity contribution in [2.24, 2.45) is 17.4 Å². The Morgan fingerprint density at radius 1 is 1.30 bits per heavy atom. The Bertz CT molecular complexity index is 960. The van der Waals surface area contributed by atoms with Crippen molar-refractivity contribution in [3.8, 4) is 11.1 Å². The summed E-state index contributed by atoms with van der Waals surface area (Å²) in [6, 6.07) is 9.78. The second kappa shape index (κ2) is 9.80. The zero-order chi connectivity index (χ0) is 21.6. The molecule has 0 bridgehead atoms. The fourth-order valence-electron chi connectivity index (χ4n) is 3.43. The standard InChI is InChI=1S/C23H26ClN3O3/c1-16(25)30-15-23(26,19-5-7-22(8-6-19)29-10-9-28)20-4-2-3-17(11-20)18-12-21(24)14-27-13-18/h2-5,7-8,11-14,19,28H,1,6,9-10,15,25-26H2. The third kappa shape index (κ3) is 5.21. The molecule has 1 aromatic carbocycles. The van der Waals surface area contributed by atoms with E-state index in [1.165, 1.54) is 0 Å². The lowest BCUT2D eigenvalue weighted by molar-refractivity contribution is 0.113. The Labute approximate surface area is 181 Å². The molecule has 1 heterocycles. The molecule has 0 amide bonds. The van der Waals surface area contributed by atoms with Crippen LogP contribution in [0.25, 0.3) is 11.1 Å². The lowest BCUT2D eigenvalue weighted by Crippen LogP contribution is -2.48. The molecule has 1 aromatic heterocycles. The molecular weight excluding hydrogens is 402 g/mol. The first-order chi connectivity index (χ1) is 14.4. The topological polar surface area (TPSA) is 104 Å². The maximum atomic E-state index is 8.94. The fourth-order valence-corrected chi connectivity index (χ4v) is 3.60. The third-order valence-corrected chi connectivity index (χ3v) is 5.23. The largest absolute Gasteiger partial charge is 0.492 e. The minimum atomic E-state index is -0.861. The Hall–Kier alpha value is -2.80. The number of rotatable bonds is 9. The van der Waals surface area contributed by atoms with Gasteiger partial charge in [0.15, 0.2) is 5.88 Å². The Morgan fingerprint density at radius 2 is 2.13 bits per heavy atom. The summed E-state index contributed by atoms with van der Waals surface area (Å²) in [5, 5.41) is 9.51. The number of halogens is 1. The smallest absolute Gasteiger partial charge is 0.176 e. The molecule has 0 saturated carbocycles. The van der Waals surface area contributed by atoms with E-state index in [1.807, 2.05) is 48.6 Å². The van der Waals surface area contributed by atoms with Crippen LogP contribution in [0.15, 0.2) is 79.2 Å². The van der Waals surface area contributed by atoms with Gasteiger partial charge in [0.2, 0.25) is 0 Å². The first-order valence-corrected chi connectivity index (χ1v) is 9.99. The van der Waals surface area contributed by atoms with E-state index in [9.17, 15) is 0 Å². The van der Waals surface area contributed by atoms with Crippen molar-refractivity contribution in [1.82, 2.24) is 4.98 Å². The number of aromatic nitrogens is 1. The summed E-state index contributed by atoms with van der Waals surface area (Å²) in [5.41, 5.74) is 14.5. The van der Waals surface area contributed by atoms with Crippen molar-refractivity contribution in [1.29, 1.82) is 0 Å². The lowest BCUT2D eigenvalue weighted by Gasteiger charge is -2.37. The van der Waals surface area contributed by atoms with Crippen LogP contribution in [0.4, 0.5) is 0 Å². The molecule has 2 atom stereocenters. The van der Waals surface area contributed by atoms with Crippen LogP contribution in [0, 0.1) is 5.92 Å². The average Bonchev–Trinajstić information content (AvgIpc) is 2.76. The Balaban J connectivity index is 1.92. The normalized spacial score (nSPS) is 17.7. The third-order valence-electron chi connectivity index (χ3n) is 5.02. The monoisotopic (exact) mass is 427 g/mol. The molecule has 1 aliphatic carbocycles. The van der Waals surface area contributed by atoms with Crippen LogP contribution in [0.5, 0.6) is 0 Å². The van der Waals surface area contributed by atoms with E-state index in [2.05, 4.69) is 11.6 Å². The Kier molecular flexibility index (Phi) is 7.15. The molecule has 6 nitrogen and oxygen atoms in total. The minimum absolute atomic E-state index is 0.0347. The molecule has 30 heavy (non-hydrogen) atoms. The van der Waals surface area contributed by atoms with Gasteiger partial charge in [-0.05, 0) is 48.4 Å². The summed E-state index contributed by atoms with van der Waals surface area (Å²) in [6.07, 6.45) is 9.84. The van der Waals surface area contributed by atoms with Gasteiger partial charge in [-0.1, -0.05) is 35.9 Å². The van der Waals surface area contributed by atoms with Gasteiger partial charge in [0, 0.05) is 23.9 Å². The van der Waals surface area contributed by atoms with Gasteiger partial charge in [0.05, 0.1) is 17.2 Å². The van der Waals surface area contributed by atoms with Crippen molar-refractivity contribution in [3.63, 3.8) is 0 Å². The van der Waals surface area contributed by atoms with Gasteiger partial charge in [-0.3, -0.25) is 4.98 Å². The number of nitrogens with zero attached hydrogens (tertiary/aromatic N) is 1. The summed E-state index contributed by atoms with van der Waals surface area (Å²) in [7, 11) is 0. The van der Waals surface area contributed by atoms with E-state index < -0.39 is 5.54 Å². The molecule has 2 unspecified atom stereocenters. The molecule has 0 fully saturated rings. The zero-order valence-electron chi connectivity index (χ0n) is 16.6. The predicted molar refractivity (Wildman–Crippen MR) is 118 cm³/mol. The van der Waals surface area contributed by atoms with Crippen LogP contribution in [0.1, 0.15) is 12.0 Å². The van der Waals surface area contributed by atoms with E-state index in [0.29, 0.717) is 17.2 Å². The first-order valence-electron chi connectivity index (χ1n) is 9.62. The number of nitrogens with two attached hydrogens (primary N) is 2. The number of aliphatic hydroxyl groups excluding tert-OH is 1. The maximum Gasteiger partial charge on any atom is 0.176 e. The number of aliphatic hydroxyl groups is 1. The summed E-state index contributed by atoms with van der Waals surface area (Å²) in [4.78, 5) is 4.17. The van der Waals surface area contributed by atoms with Gasteiger partial charge in [-0.2, -0.15) is 0 Å². The van der Waals surface area contributed by atoms with Crippen LogP contribution in [-0.4, -0.2) is 29.9 Å². The number of hydrogen-bond donors (Lipinski definition) is 3. The van der Waals surface area contributed by atoms with Crippen molar-refractivity contribution < 1.29 is 14.6 Å². The lowest BCUT2D eigenvalue weighted by atomic mass is 9.75. The fraction of sp³-hybridized carbons (Fsp3) is 0.261. The number of benzene rings is 1. The average molecular weight is 428 g/mol. The van der Waals surface area contributed by atoms with Crippen LogP contribution in [0.2, 0.25) is 5.02 Å². The molecule has 1 aliphatic rings. The molecular formula is C23H26ClN3O3. The zero-order valence-corrected chi connectivity index (χ0v) is 17.4. The molecule has 2 aromatic rings. The van der Waals surface area contributed by atoms with Gasteiger partial charge in [-0.25, -0.2) is 0 Å². The summed E-state index contributed by atoms with van der Waals surface area (Å²) < 4.78 is 11.1. The van der Waals surface area contributed by atoms with Crippen molar-refractivity contribution in [2.75, 3.05) is 19.8 Å². The molecule has 0 spiro atoms. The van der Waals surface area contributed by atoms with Crippen molar-refractivity contribution >= 4 is 11.6 Å². The summed E-state index contributed by atoms with van der Waals surface area (Å²) in [6.45, 7) is 4.00. The van der Waals surface area contributed by atoms with E-state index in [0.717, 1.165) is 16.7 Å². The molecule has 158 valence electrons. The van der Waals surface area contributed by atoms with Crippen LogP contribution in [-0.2, 0) is 15.0 Å². The van der Waals surface area contributed by atoms with Gasteiger partial charge >= 0.3 is 0 Å². The van der Waals surface area contributed by atoms with Gasteiger partial charge in [-0.15, -0.1) is 0 Å². The van der Waals surface area contributed by atoms with Crippen LogP contribution < -0.4 is 11.5 Å². The van der Waals surface area contributed by atoms with Crippen LogP contribution >= 0.6 is 11.6 Å². The highest BCUT2D eigenvalue weighted by atomic mass is 35.5. The van der Waals surface area contributed by atoms with Crippen LogP contribution in [0.3, 0.4) is 0 Å². The Morgan fingerprint density at radius 3 is 2.80 bits per heavy atom. The highest BCUT2D eigenvalue weighted by Crippen LogP contribution is 2.36. The second-order valence-electron chi connectivity index (χ2n) is 7.15. The number of hydrogen-bond acceptors (Lipinski definition) is 6. The van der Waals surface area contributed by atoms with Gasteiger partial charge < -0.3 is 26.0 Å². The van der Waals surface area contributed by atoms with Crippen molar-refractivity contribution in [3.05, 3.63) is 89.8 Å². The number of allylic oxidation sites excluding steroid dienone is 2. The first kappa shape index (κ1) is 21.9. The highest BCUT2D eigenvalue weighted by Gasteiger charge is 2.37. The predicted octanol–water partition coefficient (Wildman–Crippen LogP) is 3.47. The van der Waals surface area contributed by atoms with Gasteiger partial charge in [0.25, 0.3) is 0 Å². The quantitative estimate of drug-likeness (QED) is 0.529. The highest BCUT2D eigenvalue weighted by molar-refractivity contribution is 6.30. The maximum absolute atomic E-state index is 8.94. The van der Waals surface area contributed by atoms with Gasteiger partial charge in [0.1, 0.15) is 19.0 Å². The summed E-state index contributed by atoms with van der Waals surface area (Å²) >= 11 is 6.11. The summed E-state index contributed by atoms with van der Waals surface area (Å²) in [5.74, 6) is 0.763. The van der Waals surface area contributed by atoms with E-state index in [4.69, 9.17) is 37.6 Å². The van der Waals surface area contributed by atoms with E-state index in [-0.39, 0.29) is 31.6 Å². The SMILES string of the molecule is C=C(N)OCC(N)(c1cccc(-c2cncc(Cl)c2)c1)C1C=CC(OCCO)=CC1. The number of ether oxygens (including phenoxy) is 2. The van der Waals surface area contributed by atoms with E-state index >= 15 is 0 Å². The molecule has 5 N–H and O–H groups in total. The molecule has 0 saturated heterocycles. The second-order valence-corrected chi connectivity index (χ2v) is 7.58. The molecule has 0 radical (unpaired) electrons. The molecule has 7 heteroatoms. The molecule has 3 rings (SSSR count). The number of pyridine rings is 1. The van der Waals surface area contributed by atoms with Crippen molar-refractivity contribution in [2.45, 2.75) is 12.0 Å². The minimum Gasteiger partial charge on any atom is -0.492 e.